The van der Waals surface area contributed by atoms with Crippen LogP contribution in [0, 0.1) is 13.8 Å². The number of carbonyl (C=O) groups excluding carboxylic acids is 2. The largest absolute Gasteiger partial charge is 0.483 e. The monoisotopic (exact) mass is 279 g/mol. The first-order valence-corrected chi connectivity index (χ1v) is 6.66. The number of nitrogens with one attached hydrogen (secondary N) is 1. The van der Waals surface area contributed by atoms with E-state index in [1.165, 1.54) is 0 Å². The van der Waals surface area contributed by atoms with Gasteiger partial charge >= 0.3 is 5.97 Å². The summed E-state index contributed by atoms with van der Waals surface area (Å²) in [6.07, 6.45) is 0.170. The molecule has 0 bridgehead atoms. The molecule has 0 aliphatic carbocycles. The smallest absolute Gasteiger partial charge is 0.307 e. The van der Waals surface area contributed by atoms with E-state index in [-0.39, 0.29) is 31.4 Å². The Morgan fingerprint density at radius 3 is 2.70 bits per heavy atom. The molecule has 5 heteroatoms. The summed E-state index contributed by atoms with van der Waals surface area (Å²) in [6.45, 7) is 6.23. The van der Waals surface area contributed by atoms with Gasteiger partial charge in [-0.05, 0) is 38.0 Å². The molecule has 20 heavy (non-hydrogen) atoms. The van der Waals surface area contributed by atoms with Crippen molar-refractivity contribution in [3.05, 3.63) is 29.3 Å². The molecule has 0 fully saturated rings. The van der Waals surface area contributed by atoms with Crippen LogP contribution in [-0.2, 0) is 14.3 Å². The molecule has 1 N–H and O–H groups in total. The Labute approximate surface area is 119 Å². The van der Waals surface area contributed by atoms with Crippen LogP contribution >= 0.6 is 0 Å². The number of amides is 1. The van der Waals surface area contributed by atoms with Gasteiger partial charge < -0.3 is 14.8 Å². The highest BCUT2D eigenvalue weighted by Gasteiger charge is 2.07. The van der Waals surface area contributed by atoms with Crippen LogP contribution in [0.25, 0.3) is 0 Å². The molecule has 1 rings (SSSR count). The SMILES string of the molecule is CCOC(=O)CCNC(=O)COc1cccc(C)c1C. The van der Waals surface area contributed by atoms with Crippen LogP contribution in [-0.4, -0.2) is 31.6 Å². The average molecular weight is 279 g/mol. The van der Waals surface area contributed by atoms with Crippen molar-refractivity contribution >= 4 is 11.9 Å². The van der Waals surface area contributed by atoms with E-state index in [2.05, 4.69) is 5.32 Å². The standard InChI is InChI=1S/C15H21NO4/c1-4-19-15(18)8-9-16-14(17)10-20-13-7-5-6-11(2)12(13)3/h5-7H,4,8-10H2,1-3H3,(H,16,17). The molecule has 1 aromatic carbocycles. The van der Waals surface area contributed by atoms with Crippen molar-refractivity contribution in [1.82, 2.24) is 5.32 Å². The van der Waals surface area contributed by atoms with Gasteiger partial charge in [-0.3, -0.25) is 9.59 Å². The van der Waals surface area contributed by atoms with Gasteiger partial charge in [-0.1, -0.05) is 12.1 Å². The van der Waals surface area contributed by atoms with E-state index in [4.69, 9.17) is 9.47 Å². The summed E-state index contributed by atoms with van der Waals surface area (Å²) in [5.74, 6) is 0.129. The average Bonchev–Trinajstić information content (AvgIpc) is 2.41. The number of hydrogen-bond acceptors (Lipinski definition) is 4. The maximum atomic E-state index is 11.6. The number of esters is 1. The lowest BCUT2D eigenvalue weighted by atomic mass is 10.1. The first-order valence-electron chi connectivity index (χ1n) is 6.66. The second kappa shape index (κ2) is 8.19. The fourth-order valence-electron chi connectivity index (χ4n) is 1.61. The Kier molecular flexibility index (Phi) is 6.56. The lowest BCUT2D eigenvalue weighted by molar-refractivity contribution is -0.143. The molecule has 110 valence electrons. The van der Waals surface area contributed by atoms with Crippen molar-refractivity contribution in [3.63, 3.8) is 0 Å². The fourth-order valence-corrected chi connectivity index (χ4v) is 1.61. The van der Waals surface area contributed by atoms with E-state index in [0.29, 0.717) is 12.4 Å². The predicted octanol–water partition coefficient (Wildman–Crippen LogP) is 1.75. The van der Waals surface area contributed by atoms with Crippen molar-refractivity contribution in [2.24, 2.45) is 0 Å². The van der Waals surface area contributed by atoms with Gasteiger partial charge in [0.2, 0.25) is 0 Å². The van der Waals surface area contributed by atoms with Gasteiger partial charge in [0.1, 0.15) is 5.75 Å². The summed E-state index contributed by atoms with van der Waals surface area (Å²) >= 11 is 0. The summed E-state index contributed by atoms with van der Waals surface area (Å²) in [4.78, 5) is 22.6. The Morgan fingerprint density at radius 2 is 2.00 bits per heavy atom. The maximum Gasteiger partial charge on any atom is 0.307 e. The minimum atomic E-state index is -0.316. The zero-order chi connectivity index (χ0) is 15.0. The van der Waals surface area contributed by atoms with Gasteiger partial charge in [-0.25, -0.2) is 0 Å². The van der Waals surface area contributed by atoms with Crippen molar-refractivity contribution in [1.29, 1.82) is 0 Å². The molecule has 0 aromatic heterocycles. The summed E-state index contributed by atoms with van der Waals surface area (Å²) < 4.78 is 10.2. The van der Waals surface area contributed by atoms with E-state index in [1.54, 1.807) is 6.92 Å². The van der Waals surface area contributed by atoms with Gasteiger partial charge in [0.25, 0.3) is 5.91 Å². The lowest BCUT2D eigenvalue weighted by Crippen LogP contribution is -2.31. The quantitative estimate of drug-likeness (QED) is 0.772. The molecular formula is C15H21NO4. The van der Waals surface area contributed by atoms with Crippen molar-refractivity contribution in [2.75, 3.05) is 19.8 Å². The van der Waals surface area contributed by atoms with E-state index in [9.17, 15) is 9.59 Å². The highest BCUT2D eigenvalue weighted by atomic mass is 16.5. The number of benzene rings is 1. The van der Waals surface area contributed by atoms with Crippen molar-refractivity contribution in [3.8, 4) is 5.75 Å². The number of rotatable bonds is 7. The third-order valence-corrected chi connectivity index (χ3v) is 2.87. The topological polar surface area (TPSA) is 64.6 Å². The third-order valence-electron chi connectivity index (χ3n) is 2.87. The van der Waals surface area contributed by atoms with Gasteiger partial charge in [0, 0.05) is 6.54 Å². The van der Waals surface area contributed by atoms with Crippen LogP contribution < -0.4 is 10.1 Å². The number of aryl methyl sites for hydroxylation is 1. The third kappa shape index (κ3) is 5.30. The molecule has 0 radical (unpaired) electrons. The highest BCUT2D eigenvalue weighted by Crippen LogP contribution is 2.20. The Morgan fingerprint density at radius 1 is 1.25 bits per heavy atom. The normalized spacial score (nSPS) is 9.95. The zero-order valence-electron chi connectivity index (χ0n) is 12.2. The molecule has 0 spiro atoms. The Balaban J connectivity index is 2.30. The Hall–Kier alpha value is -2.04. The maximum absolute atomic E-state index is 11.6. The van der Waals surface area contributed by atoms with Crippen LogP contribution in [0.5, 0.6) is 5.75 Å². The summed E-state index contributed by atoms with van der Waals surface area (Å²) in [7, 11) is 0. The predicted molar refractivity (Wildman–Crippen MR) is 75.7 cm³/mol. The van der Waals surface area contributed by atoms with Crippen LogP contribution in [0.2, 0.25) is 0 Å². The molecular weight excluding hydrogens is 258 g/mol. The van der Waals surface area contributed by atoms with Crippen LogP contribution in [0.3, 0.4) is 0 Å². The number of hydrogen-bond donors (Lipinski definition) is 1. The molecule has 0 saturated carbocycles. The molecule has 0 aliphatic heterocycles. The van der Waals surface area contributed by atoms with E-state index in [1.807, 2.05) is 32.0 Å². The molecule has 0 aliphatic rings. The van der Waals surface area contributed by atoms with Crippen molar-refractivity contribution < 1.29 is 19.1 Å². The minimum Gasteiger partial charge on any atom is -0.483 e. The molecule has 1 aromatic rings. The molecule has 0 atom stereocenters. The van der Waals surface area contributed by atoms with Gasteiger partial charge in [-0.2, -0.15) is 0 Å². The first-order chi connectivity index (χ1) is 9.54. The molecule has 0 saturated heterocycles. The van der Waals surface area contributed by atoms with Crippen LogP contribution in [0.4, 0.5) is 0 Å². The molecule has 1 amide bonds. The summed E-state index contributed by atoms with van der Waals surface area (Å²) in [6, 6.07) is 5.70. The van der Waals surface area contributed by atoms with Gasteiger partial charge in [-0.15, -0.1) is 0 Å². The van der Waals surface area contributed by atoms with Crippen molar-refractivity contribution in [2.45, 2.75) is 27.2 Å². The Bertz CT molecular complexity index is 471. The number of carbonyl (C=O) groups is 2. The first kappa shape index (κ1) is 16.0. The van der Waals surface area contributed by atoms with Gasteiger partial charge in [0.15, 0.2) is 6.61 Å². The molecule has 0 heterocycles. The number of ether oxygens (including phenoxy) is 2. The lowest BCUT2D eigenvalue weighted by Gasteiger charge is -2.10. The molecule has 0 unspecified atom stereocenters. The van der Waals surface area contributed by atoms with E-state index in [0.717, 1.165) is 11.1 Å². The van der Waals surface area contributed by atoms with E-state index < -0.39 is 0 Å². The fraction of sp³-hybridized carbons (Fsp3) is 0.467. The van der Waals surface area contributed by atoms with Crippen LogP contribution in [0.1, 0.15) is 24.5 Å². The highest BCUT2D eigenvalue weighted by molar-refractivity contribution is 5.78. The second-order valence-corrected chi connectivity index (χ2v) is 4.39. The summed E-state index contributed by atoms with van der Waals surface area (Å²) in [5, 5.41) is 2.61. The van der Waals surface area contributed by atoms with Gasteiger partial charge in [0.05, 0.1) is 13.0 Å². The van der Waals surface area contributed by atoms with Crippen LogP contribution in [0.15, 0.2) is 18.2 Å². The van der Waals surface area contributed by atoms with E-state index >= 15 is 0 Å². The second-order valence-electron chi connectivity index (χ2n) is 4.39. The minimum absolute atomic E-state index is 0.0624. The zero-order valence-corrected chi connectivity index (χ0v) is 12.2. The summed E-state index contributed by atoms with van der Waals surface area (Å²) in [5.41, 5.74) is 2.14. The molecule has 5 nitrogen and oxygen atoms in total.